The maximum atomic E-state index is 14.0. The van der Waals surface area contributed by atoms with E-state index in [1.165, 1.54) is 25.3 Å². The number of hydrogen-bond donors (Lipinski definition) is 1. The SMILES string of the molecule is CC.COC(=O)/C(N)=C/c1ccc(OC2=CC=CCC2)cc1F. The number of nitrogens with two attached hydrogens (primary N) is 1. The Hall–Kier alpha value is -2.56. The van der Waals surface area contributed by atoms with Crippen LogP contribution in [-0.4, -0.2) is 13.1 Å². The van der Waals surface area contributed by atoms with Crippen LogP contribution in [0.5, 0.6) is 5.75 Å². The number of ether oxygens (including phenoxy) is 2. The van der Waals surface area contributed by atoms with Gasteiger partial charge >= 0.3 is 5.97 Å². The number of hydrogen-bond acceptors (Lipinski definition) is 4. The van der Waals surface area contributed by atoms with Gasteiger partial charge in [-0.1, -0.05) is 26.0 Å². The molecule has 0 saturated carbocycles. The monoisotopic (exact) mass is 319 g/mol. The first kappa shape index (κ1) is 18.5. The van der Waals surface area contributed by atoms with Gasteiger partial charge in [-0.3, -0.25) is 0 Å². The fourth-order valence-electron chi connectivity index (χ4n) is 1.85. The Morgan fingerprint density at radius 1 is 1.35 bits per heavy atom. The number of carbonyl (C=O) groups is 1. The van der Waals surface area contributed by atoms with Gasteiger partial charge in [-0.2, -0.15) is 0 Å². The van der Waals surface area contributed by atoms with Crippen molar-refractivity contribution in [1.82, 2.24) is 0 Å². The van der Waals surface area contributed by atoms with Crippen LogP contribution in [0.2, 0.25) is 0 Å². The molecule has 1 aliphatic carbocycles. The van der Waals surface area contributed by atoms with Gasteiger partial charge in [0.05, 0.1) is 7.11 Å². The molecule has 1 aromatic carbocycles. The molecule has 0 aromatic heterocycles. The second kappa shape index (κ2) is 9.46. The molecule has 0 heterocycles. The van der Waals surface area contributed by atoms with Gasteiger partial charge in [0.15, 0.2) is 0 Å². The highest BCUT2D eigenvalue weighted by Crippen LogP contribution is 2.23. The second-order valence-corrected chi connectivity index (χ2v) is 4.48. The van der Waals surface area contributed by atoms with E-state index in [0.717, 1.165) is 18.6 Å². The lowest BCUT2D eigenvalue weighted by molar-refractivity contribution is -0.136. The van der Waals surface area contributed by atoms with Crippen molar-refractivity contribution >= 4 is 12.0 Å². The lowest BCUT2D eigenvalue weighted by atomic mass is 10.1. The first-order chi connectivity index (χ1) is 11.1. The molecule has 0 atom stereocenters. The van der Waals surface area contributed by atoms with Gasteiger partial charge in [0.2, 0.25) is 0 Å². The number of methoxy groups -OCH3 is 1. The summed E-state index contributed by atoms with van der Waals surface area (Å²) < 4.78 is 24.0. The van der Waals surface area contributed by atoms with E-state index in [1.54, 1.807) is 6.07 Å². The van der Waals surface area contributed by atoms with Crippen molar-refractivity contribution in [2.75, 3.05) is 7.11 Å². The lowest BCUT2D eigenvalue weighted by Crippen LogP contribution is -2.12. The number of allylic oxidation sites excluding steroid dienone is 4. The van der Waals surface area contributed by atoms with Gasteiger partial charge in [-0.25, -0.2) is 9.18 Å². The van der Waals surface area contributed by atoms with Crippen LogP contribution in [0.3, 0.4) is 0 Å². The molecule has 1 aromatic rings. The Bertz CT molecular complexity index is 633. The van der Waals surface area contributed by atoms with E-state index >= 15 is 0 Å². The van der Waals surface area contributed by atoms with E-state index in [0.29, 0.717) is 5.75 Å². The molecule has 0 fully saturated rings. The molecule has 2 N–H and O–H groups in total. The first-order valence-electron chi connectivity index (χ1n) is 7.48. The van der Waals surface area contributed by atoms with Gasteiger partial charge < -0.3 is 15.2 Å². The Kier molecular flexibility index (Phi) is 7.60. The first-order valence-corrected chi connectivity index (χ1v) is 7.48. The van der Waals surface area contributed by atoms with Crippen LogP contribution >= 0.6 is 0 Å². The van der Waals surface area contributed by atoms with E-state index < -0.39 is 11.8 Å². The summed E-state index contributed by atoms with van der Waals surface area (Å²) in [5.74, 6) is -0.0303. The van der Waals surface area contributed by atoms with Crippen molar-refractivity contribution in [3.8, 4) is 5.75 Å². The average Bonchev–Trinajstić information content (AvgIpc) is 2.59. The molecule has 0 unspecified atom stereocenters. The molecular formula is C18H22FNO3. The Labute approximate surface area is 136 Å². The van der Waals surface area contributed by atoms with Gasteiger partial charge in [0.25, 0.3) is 0 Å². The van der Waals surface area contributed by atoms with Crippen LogP contribution in [0, 0.1) is 5.82 Å². The summed E-state index contributed by atoms with van der Waals surface area (Å²) >= 11 is 0. The minimum atomic E-state index is -0.700. The van der Waals surface area contributed by atoms with E-state index in [-0.39, 0.29) is 11.3 Å². The van der Waals surface area contributed by atoms with Crippen LogP contribution in [-0.2, 0) is 9.53 Å². The van der Waals surface area contributed by atoms with E-state index in [1.807, 2.05) is 32.1 Å². The third-order valence-corrected chi connectivity index (χ3v) is 2.93. The number of halogens is 1. The zero-order valence-electron chi connectivity index (χ0n) is 13.6. The summed E-state index contributed by atoms with van der Waals surface area (Å²) in [4.78, 5) is 11.2. The van der Waals surface area contributed by atoms with Crippen molar-refractivity contribution in [3.05, 3.63) is 59.3 Å². The molecule has 0 spiro atoms. The van der Waals surface area contributed by atoms with Gasteiger partial charge in [0, 0.05) is 18.1 Å². The standard InChI is InChI=1S/C16H16FNO3.C2H6/c1-20-16(19)15(18)9-11-7-8-13(10-14(11)17)21-12-5-3-2-4-6-12;1-2/h2-3,5,7-10H,4,6,18H2,1H3;1-2H3/b15-9-;. The van der Waals surface area contributed by atoms with Crippen molar-refractivity contribution in [2.24, 2.45) is 5.73 Å². The predicted molar refractivity (Wildman–Crippen MR) is 89.0 cm³/mol. The highest BCUT2D eigenvalue weighted by atomic mass is 19.1. The molecule has 0 saturated heterocycles. The minimum Gasteiger partial charge on any atom is -0.464 e. The van der Waals surface area contributed by atoms with Crippen molar-refractivity contribution in [1.29, 1.82) is 0 Å². The van der Waals surface area contributed by atoms with Crippen LogP contribution in [0.4, 0.5) is 4.39 Å². The molecule has 0 radical (unpaired) electrons. The molecule has 0 aliphatic heterocycles. The van der Waals surface area contributed by atoms with E-state index in [9.17, 15) is 9.18 Å². The molecule has 23 heavy (non-hydrogen) atoms. The number of carbonyl (C=O) groups excluding carboxylic acids is 1. The normalized spacial score (nSPS) is 13.6. The number of rotatable bonds is 4. The van der Waals surface area contributed by atoms with Crippen molar-refractivity contribution < 1.29 is 18.7 Å². The van der Waals surface area contributed by atoms with Gasteiger partial charge in [-0.05, 0) is 30.7 Å². The molecule has 5 heteroatoms. The van der Waals surface area contributed by atoms with Crippen LogP contribution in [0.25, 0.3) is 6.08 Å². The maximum absolute atomic E-state index is 14.0. The third-order valence-electron chi connectivity index (χ3n) is 2.93. The zero-order valence-corrected chi connectivity index (χ0v) is 13.6. The summed E-state index contributed by atoms with van der Waals surface area (Å²) in [6.07, 6.45) is 8.72. The zero-order chi connectivity index (χ0) is 17.2. The Morgan fingerprint density at radius 3 is 2.65 bits per heavy atom. The van der Waals surface area contributed by atoms with Gasteiger partial charge in [0.1, 0.15) is 23.0 Å². The lowest BCUT2D eigenvalue weighted by Gasteiger charge is -2.11. The third kappa shape index (κ3) is 5.62. The number of esters is 1. The highest BCUT2D eigenvalue weighted by Gasteiger charge is 2.09. The van der Waals surface area contributed by atoms with Crippen molar-refractivity contribution in [3.63, 3.8) is 0 Å². The molecule has 0 bridgehead atoms. The minimum absolute atomic E-state index is 0.162. The summed E-state index contributed by atoms with van der Waals surface area (Å²) in [6.45, 7) is 4.00. The van der Waals surface area contributed by atoms with Crippen LogP contribution in [0.15, 0.2) is 47.9 Å². The summed E-state index contributed by atoms with van der Waals surface area (Å²) in [6, 6.07) is 4.38. The van der Waals surface area contributed by atoms with Crippen molar-refractivity contribution in [2.45, 2.75) is 26.7 Å². The molecular weight excluding hydrogens is 297 g/mol. The molecule has 1 aliphatic rings. The van der Waals surface area contributed by atoms with Crippen LogP contribution in [0.1, 0.15) is 32.3 Å². The fraction of sp³-hybridized carbons (Fsp3) is 0.278. The van der Waals surface area contributed by atoms with Gasteiger partial charge in [-0.15, -0.1) is 0 Å². The molecule has 2 rings (SSSR count). The number of benzene rings is 1. The smallest absolute Gasteiger partial charge is 0.353 e. The summed E-state index contributed by atoms with van der Waals surface area (Å²) in [5, 5.41) is 0. The summed E-state index contributed by atoms with van der Waals surface area (Å²) in [7, 11) is 1.21. The van der Waals surface area contributed by atoms with Crippen LogP contribution < -0.4 is 10.5 Å². The van der Waals surface area contributed by atoms with E-state index in [2.05, 4.69) is 4.74 Å². The maximum Gasteiger partial charge on any atom is 0.353 e. The average molecular weight is 319 g/mol. The second-order valence-electron chi connectivity index (χ2n) is 4.48. The quantitative estimate of drug-likeness (QED) is 0.674. The fourth-order valence-corrected chi connectivity index (χ4v) is 1.85. The largest absolute Gasteiger partial charge is 0.464 e. The van der Waals surface area contributed by atoms with E-state index in [4.69, 9.17) is 10.5 Å². The highest BCUT2D eigenvalue weighted by molar-refractivity contribution is 5.92. The topological polar surface area (TPSA) is 61.5 Å². The predicted octanol–water partition coefficient (Wildman–Crippen LogP) is 3.94. The molecule has 0 amide bonds. The molecule has 4 nitrogen and oxygen atoms in total. The summed E-state index contributed by atoms with van der Waals surface area (Å²) in [5.41, 5.74) is 5.52. The Balaban J connectivity index is 0.00000127. The molecule has 124 valence electrons. The Morgan fingerprint density at radius 2 is 2.09 bits per heavy atom.